The average Bonchev–Trinajstić information content (AvgIpc) is 1.61. The van der Waals surface area contributed by atoms with Gasteiger partial charge in [-0.15, -0.1) is 0 Å². The largest absolute Gasteiger partial charge is 0.303 e. The fourth-order valence-electron chi connectivity index (χ4n) is 0.220. The molecule has 8 heavy (non-hydrogen) atoms. The van der Waals surface area contributed by atoms with Gasteiger partial charge in [-0.3, -0.25) is 4.58 Å². The van der Waals surface area contributed by atoms with Crippen molar-refractivity contribution in [3.8, 4) is 0 Å². The van der Waals surface area contributed by atoms with Crippen LogP contribution < -0.4 is 5.32 Å². The summed E-state index contributed by atoms with van der Waals surface area (Å²) in [7, 11) is 3.69. The summed E-state index contributed by atoms with van der Waals surface area (Å²) in [4.78, 5) is 10.2. The molecule has 1 N–H and O–H groups in total. The van der Waals surface area contributed by atoms with Gasteiger partial charge in [-0.2, -0.15) is 0 Å². The molecule has 0 aliphatic carbocycles. The van der Waals surface area contributed by atoms with Crippen LogP contribution in [0.1, 0.15) is 6.92 Å². The van der Waals surface area contributed by atoms with Gasteiger partial charge in [0.15, 0.2) is 0 Å². The van der Waals surface area contributed by atoms with Crippen LogP contribution in [0, 0.1) is 0 Å². The second-order valence-electron chi connectivity index (χ2n) is 1.79. The molecule has 0 saturated carbocycles. The molecule has 0 aliphatic rings. The Balaban J connectivity index is 3.45. The number of nitrogens with zero attached hydrogens (tertiary/aromatic N) is 1. The quantitative estimate of drug-likeness (QED) is 0.277. The normalized spacial score (nSPS) is 7.88. The second kappa shape index (κ2) is 3.18. The van der Waals surface area contributed by atoms with E-state index in [9.17, 15) is 4.79 Å². The highest BCUT2D eigenvalue weighted by Gasteiger charge is 1.89. The Morgan fingerprint density at radius 1 is 1.62 bits per heavy atom. The van der Waals surface area contributed by atoms with E-state index in [1.807, 2.05) is 14.1 Å². The molecule has 0 aliphatic heterocycles. The maximum Gasteiger partial charge on any atom is 0.303 e. The van der Waals surface area contributed by atoms with E-state index in [4.69, 9.17) is 0 Å². The number of nitrogens with one attached hydrogen (secondary N) is 1. The molecular formula is C5H11N2O+. The van der Waals surface area contributed by atoms with Crippen LogP contribution in [0.3, 0.4) is 0 Å². The van der Waals surface area contributed by atoms with Gasteiger partial charge in [-0.1, -0.05) is 0 Å². The van der Waals surface area contributed by atoms with Crippen LogP contribution in [-0.4, -0.2) is 30.9 Å². The summed E-state index contributed by atoms with van der Waals surface area (Å²) in [6.07, 6.45) is 1.60. The molecule has 0 aromatic heterocycles. The van der Waals surface area contributed by atoms with E-state index in [-0.39, 0.29) is 5.91 Å². The lowest BCUT2D eigenvalue weighted by Gasteiger charge is -1.85. The van der Waals surface area contributed by atoms with Crippen molar-refractivity contribution in [2.75, 3.05) is 14.1 Å². The van der Waals surface area contributed by atoms with E-state index in [2.05, 4.69) is 5.32 Å². The molecule has 0 spiro atoms. The molecule has 0 unspecified atom stereocenters. The molecule has 0 aromatic carbocycles. The Morgan fingerprint density at radius 3 is 2.25 bits per heavy atom. The van der Waals surface area contributed by atoms with Crippen molar-refractivity contribution in [3.63, 3.8) is 0 Å². The van der Waals surface area contributed by atoms with E-state index < -0.39 is 0 Å². The van der Waals surface area contributed by atoms with Gasteiger partial charge in [0.05, 0.1) is 14.1 Å². The lowest BCUT2D eigenvalue weighted by molar-refractivity contribution is -0.461. The number of hydrogen-bond donors (Lipinski definition) is 1. The maximum absolute atomic E-state index is 10.2. The lowest BCUT2D eigenvalue weighted by atomic mass is 10.7. The predicted molar refractivity (Wildman–Crippen MR) is 32.0 cm³/mol. The minimum absolute atomic E-state index is 0.0429. The van der Waals surface area contributed by atoms with Gasteiger partial charge >= 0.3 is 5.91 Å². The average molecular weight is 115 g/mol. The topological polar surface area (TPSA) is 32.1 Å². The SMILES string of the molecule is CC(=O)NC=[N+](C)C. The molecule has 0 rings (SSSR count). The molecule has 3 nitrogen and oxygen atoms in total. The van der Waals surface area contributed by atoms with Crippen LogP contribution in [0.25, 0.3) is 0 Å². The van der Waals surface area contributed by atoms with Crippen LogP contribution in [0.5, 0.6) is 0 Å². The van der Waals surface area contributed by atoms with Gasteiger partial charge in [0.1, 0.15) is 0 Å². The zero-order valence-corrected chi connectivity index (χ0v) is 5.43. The number of carbonyl (C=O) groups is 1. The smallest absolute Gasteiger partial charge is 0.273 e. The highest BCUT2D eigenvalue weighted by molar-refractivity contribution is 5.83. The molecule has 0 fully saturated rings. The first-order chi connectivity index (χ1) is 3.63. The third-order valence-corrected chi connectivity index (χ3v) is 0.526. The lowest BCUT2D eigenvalue weighted by Crippen LogP contribution is -2.22. The van der Waals surface area contributed by atoms with Crippen LogP contribution in [-0.2, 0) is 4.79 Å². The summed E-state index contributed by atoms with van der Waals surface area (Å²) < 4.78 is 1.77. The molecule has 0 saturated heterocycles. The first-order valence-corrected chi connectivity index (χ1v) is 2.40. The number of carbonyl (C=O) groups excluding carboxylic acids is 1. The minimum atomic E-state index is -0.0429. The van der Waals surface area contributed by atoms with E-state index in [1.165, 1.54) is 6.92 Å². The Bertz CT molecular complexity index is 114. The van der Waals surface area contributed by atoms with Crippen LogP contribution in [0.4, 0.5) is 0 Å². The summed E-state index contributed by atoms with van der Waals surface area (Å²) in [5, 5.41) is 2.51. The van der Waals surface area contributed by atoms with Crippen LogP contribution in [0.2, 0.25) is 0 Å². The standard InChI is InChI=1S/C5H10N2O/c1-5(8)6-4-7(2)3/h4H,1-3H3/p+1. The number of amides is 1. The summed E-state index contributed by atoms with van der Waals surface area (Å²) in [5.41, 5.74) is 0. The minimum Gasteiger partial charge on any atom is -0.273 e. The van der Waals surface area contributed by atoms with Crippen LogP contribution in [0.15, 0.2) is 0 Å². The highest BCUT2D eigenvalue weighted by atomic mass is 16.1. The van der Waals surface area contributed by atoms with Crippen molar-refractivity contribution in [1.82, 2.24) is 5.32 Å². The highest BCUT2D eigenvalue weighted by Crippen LogP contribution is 1.52. The Kier molecular flexibility index (Phi) is 2.84. The Labute approximate surface area is 49.0 Å². The zero-order valence-electron chi connectivity index (χ0n) is 5.43. The van der Waals surface area contributed by atoms with Crippen molar-refractivity contribution in [2.45, 2.75) is 6.92 Å². The van der Waals surface area contributed by atoms with Gasteiger partial charge in [0.25, 0.3) is 0 Å². The van der Waals surface area contributed by atoms with Crippen molar-refractivity contribution in [2.24, 2.45) is 0 Å². The molecule has 3 heteroatoms. The first-order valence-electron chi connectivity index (χ1n) is 2.40. The Morgan fingerprint density at radius 2 is 2.12 bits per heavy atom. The molecule has 1 amide bonds. The van der Waals surface area contributed by atoms with Crippen molar-refractivity contribution < 1.29 is 9.37 Å². The number of rotatable bonds is 1. The molecular weight excluding hydrogens is 104 g/mol. The molecule has 0 bridgehead atoms. The van der Waals surface area contributed by atoms with Crippen molar-refractivity contribution >= 4 is 12.2 Å². The summed E-state index contributed by atoms with van der Waals surface area (Å²) in [6, 6.07) is 0. The third kappa shape index (κ3) is 5.14. The monoisotopic (exact) mass is 115 g/mol. The fraction of sp³-hybridized carbons (Fsp3) is 0.600. The first kappa shape index (κ1) is 7.14. The maximum atomic E-state index is 10.2. The number of hydrogen-bond acceptors (Lipinski definition) is 1. The molecule has 0 radical (unpaired) electrons. The Hall–Kier alpha value is -0.860. The van der Waals surface area contributed by atoms with E-state index in [0.29, 0.717) is 0 Å². The zero-order chi connectivity index (χ0) is 6.57. The molecule has 0 aromatic rings. The van der Waals surface area contributed by atoms with Crippen molar-refractivity contribution in [1.29, 1.82) is 0 Å². The van der Waals surface area contributed by atoms with Gasteiger partial charge in [0.2, 0.25) is 6.34 Å². The van der Waals surface area contributed by atoms with Gasteiger partial charge in [-0.25, -0.2) is 10.1 Å². The third-order valence-electron chi connectivity index (χ3n) is 0.526. The second-order valence-corrected chi connectivity index (χ2v) is 1.79. The van der Waals surface area contributed by atoms with E-state index in [1.54, 1.807) is 10.9 Å². The summed E-state index contributed by atoms with van der Waals surface area (Å²) >= 11 is 0. The summed E-state index contributed by atoms with van der Waals surface area (Å²) in [6.45, 7) is 1.47. The molecule has 46 valence electrons. The summed E-state index contributed by atoms with van der Waals surface area (Å²) in [5.74, 6) is -0.0429. The predicted octanol–water partition coefficient (Wildman–Crippen LogP) is -0.577. The van der Waals surface area contributed by atoms with Gasteiger partial charge in [0, 0.05) is 6.92 Å². The van der Waals surface area contributed by atoms with E-state index >= 15 is 0 Å². The van der Waals surface area contributed by atoms with Gasteiger partial charge in [-0.05, 0) is 0 Å². The molecule has 0 heterocycles. The van der Waals surface area contributed by atoms with E-state index in [0.717, 1.165) is 0 Å². The van der Waals surface area contributed by atoms with Crippen LogP contribution >= 0.6 is 0 Å². The molecule has 0 atom stereocenters. The van der Waals surface area contributed by atoms with Crippen molar-refractivity contribution in [3.05, 3.63) is 0 Å². The fourth-order valence-corrected chi connectivity index (χ4v) is 0.220. The van der Waals surface area contributed by atoms with Gasteiger partial charge < -0.3 is 0 Å².